The predicted octanol–water partition coefficient (Wildman–Crippen LogP) is 3.90. The lowest BCUT2D eigenvalue weighted by Gasteiger charge is -2.11. The van der Waals surface area contributed by atoms with Crippen molar-refractivity contribution in [2.45, 2.75) is 26.4 Å². The van der Waals surface area contributed by atoms with Crippen molar-refractivity contribution in [2.75, 3.05) is 0 Å². The smallest absolute Gasteiger partial charge is 0.147 e. The molecule has 1 N–H and O–H groups in total. The zero-order valence-corrected chi connectivity index (χ0v) is 12.7. The summed E-state index contributed by atoms with van der Waals surface area (Å²) >= 11 is 5.87. The molecule has 5 heteroatoms. The van der Waals surface area contributed by atoms with E-state index in [-0.39, 0.29) is 0 Å². The lowest BCUT2D eigenvalue weighted by molar-refractivity contribution is 0.478. The van der Waals surface area contributed by atoms with Gasteiger partial charge in [0.15, 0.2) is 0 Å². The third-order valence-corrected chi connectivity index (χ3v) is 2.99. The fraction of sp³-hybridized carbons (Fsp3) is 0.250. The van der Waals surface area contributed by atoms with Gasteiger partial charge in [0, 0.05) is 24.8 Å². The Balaban J connectivity index is 2.18. The highest BCUT2D eigenvalue weighted by molar-refractivity contribution is 6.30. The van der Waals surface area contributed by atoms with E-state index in [0.717, 1.165) is 5.56 Å². The Hall–Kier alpha value is -2.09. The Kier molecular flexibility index (Phi) is 5.15. The number of nitrogens with one attached hydrogen (secondary N) is 1. The highest BCUT2D eigenvalue weighted by Gasteiger charge is 2.07. The van der Waals surface area contributed by atoms with Gasteiger partial charge in [-0.1, -0.05) is 31.5 Å². The molecule has 0 spiro atoms. The molecule has 0 saturated heterocycles. The van der Waals surface area contributed by atoms with E-state index < -0.39 is 0 Å². The zero-order chi connectivity index (χ0) is 15.2. The molecule has 1 aromatic carbocycles. The third kappa shape index (κ3) is 4.45. The lowest BCUT2D eigenvalue weighted by Crippen LogP contribution is -2.21. The van der Waals surface area contributed by atoms with Crippen LogP contribution in [0, 0.1) is 11.3 Å². The first-order chi connectivity index (χ1) is 10.1. The van der Waals surface area contributed by atoms with Crippen LogP contribution < -0.4 is 10.1 Å². The number of pyridine rings is 1. The Labute approximate surface area is 129 Å². The Bertz CT molecular complexity index is 665. The van der Waals surface area contributed by atoms with Gasteiger partial charge in [0.05, 0.1) is 16.8 Å². The van der Waals surface area contributed by atoms with Gasteiger partial charge in [-0.2, -0.15) is 5.26 Å². The molecular formula is C16H16ClN3O. The summed E-state index contributed by atoms with van der Waals surface area (Å²) in [7, 11) is 0. The first kappa shape index (κ1) is 15.3. The molecule has 0 atom stereocenters. The third-order valence-electron chi connectivity index (χ3n) is 2.79. The average Bonchev–Trinajstić information content (AvgIpc) is 2.46. The predicted molar refractivity (Wildman–Crippen MR) is 82.5 cm³/mol. The zero-order valence-electron chi connectivity index (χ0n) is 11.9. The van der Waals surface area contributed by atoms with Gasteiger partial charge in [-0.15, -0.1) is 0 Å². The van der Waals surface area contributed by atoms with Gasteiger partial charge >= 0.3 is 0 Å². The van der Waals surface area contributed by atoms with Gasteiger partial charge in [-0.3, -0.25) is 4.98 Å². The molecule has 1 heterocycles. The molecule has 0 unspecified atom stereocenters. The Morgan fingerprint density at radius 2 is 2.14 bits per heavy atom. The number of nitrogens with zero attached hydrogens (tertiary/aromatic N) is 2. The summed E-state index contributed by atoms with van der Waals surface area (Å²) in [6.45, 7) is 4.87. The van der Waals surface area contributed by atoms with Crippen molar-refractivity contribution >= 4 is 11.6 Å². The average molecular weight is 302 g/mol. The van der Waals surface area contributed by atoms with E-state index >= 15 is 0 Å². The highest BCUT2D eigenvalue weighted by Crippen LogP contribution is 2.26. The summed E-state index contributed by atoms with van der Waals surface area (Å²) in [6.07, 6.45) is 3.08. The van der Waals surface area contributed by atoms with E-state index in [0.29, 0.717) is 34.7 Å². The van der Waals surface area contributed by atoms with E-state index in [9.17, 15) is 5.26 Å². The summed E-state index contributed by atoms with van der Waals surface area (Å²) < 4.78 is 5.67. The molecule has 0 saturated carbocycles. The normalized spacial score (nSPS) is 10.4. The van der Waals surface area contributed by atoms with Gasteiger partial charge in [-0.25, -0.2) is 0 Å². The summed E-state index contributed by atoms with van der Waals surface area (Å²) in [5.41, 5.74) is 1.52. The van der Waals surface area contributed by atoms with Crippen molar-refractivity contribution in [2.24, 2.45) is 0 Å². The number of aromatic nitrogens is 1. The van der Waals surface area contributed by atoms with Crippen LogP contribution in [0.15, 0.2) is 36.7 Å². The Morgan fingerprint density at radius 1 is 1.33 bits per heavy atom. The van der Waals surface area contributed by atoms with Crippen LogP contribution in [0.5, 0.6) is 11.5 Å². The van der Waals surface area contributed by atoms with Gasteiger partial charge in [0.2, 0.25) is 0 Å². The molecule has 0 bridgehead atoms. The summed E-state index contributed by atoms with van der Waals surface area (Å²) in [5, 5.41) is 13.1. The minimum atomic E-state index is 0.393. The van der Waals surface area contributed by atoms with Crippen molar-refractivity contribution in [3.8, 4) is 17.6 Å². The summed E-state index contributed by atoms with van der Waals surface area (Å²) in [5.74, 6) is 1.00. The molecule has 1 aromatic heterocycles. The second-order valence-corrected chi connectivity index (χ2v) is 5.36. The van der Waals surface area contributed by atoms with Crippen LogP contribution in [0.25, 0.3) is 0 Å². The first-order valence-electron chi connectivity index (χ1n) is 6.63. The second-order valence-electron chi connectivity index (χ2n) is 4.92. The maximum Gasteiger partial charge on any atom is 0.147 e. The minimum Gasteiger partial charge on any atom is -0.454 e. The molecule has 0 fully saturated rings. The number of halogens is 1. The number of nitriles is 1. The standard InChI is InChI=1S/C16H16ClN3O/c1-11(2)20-8-12-3-4-16(13(5-12)7-18)21-15-6-14(17)9-19-10-15/h3-6,9-11,20H,8H2,1-2H3. The molecule has 0 amide bonds. The van der Waals surface area contributed by atoms with Crippen LogP contribution >= 0.6 is 11.6 Å². The van der Waals surface area contributed by atoms with Crippen molar-refractivity contribution in [1.29, 1.82) is 5.26 Å². The molecule has 4 nitrogen and oxygen atoms in total. The molecule has 108 valence electrons. The molecule has 2 aromatic rings. The number of hydrogen-bond acceptors (Lipinski definition) is 4. The lowest BCUT2D eigenvalue weighted by atomic mass is 10.1. The minimum absolute atomic E-state index is 0.393. The van der Waals surface area contributed by atoms with E-state index in [1.54, 1.807) is 18.3 Å². The summed E-state index contributed by atoms with van der Waals surface area (Å²) in [4.78, 5) is 3.95. The van der Waals surface area contributed by atoms with Crippen LogP contribution in [-0.2, 0) is 6.54 Å². The van der Waals surface area contributed by atoms with Crippen molar-refractivity contribution in [3.05, 3.63) is 52.8 Å². The first-order valence-corrected chi connectivity index (χ1v) is 7.01. The number of ether oxygens (including phenoxy) is 1. The van der Waals surface area contributed by atoms with Crippen LogP contribution in [0.2, 0.25) is 5.02 Å². The topological polar surface area (TPSA) is 57.9 Å². The monoisotopic (exact) mass is 301 g/mol. The van der Waals surface area contributed by atoms with Crippen molar-refractivity contribution < 1.29 is 4.74 Å². The van der Waals surface area contributed by atoms with Gasteiger partial charge in [0.1, 0.15) is 17.6 Å². The molecule has 0 aliphatic rings. The van der Waals surface area contributed by atoms with E-state index in [1.807, 2.05) is 12.1 Å². The van der Waals surface area contributed by atoms with Crippen LogP contribution in [0.1, 0.15) is 25.0 Å². The van der Waals surface area contributed by atoms with Crippen molar-refractivity contribution in [3.63, 3.8) is 0 Å². The van der Waals surface area contributed by atoms with E-state index in [2.05, 4.69) is 30.2 Å². The highest BCUT2D eigenvalue weighted by atomic mass is 35.5. The fourth-order valence-corrected chi connectivity index (χ4v) is 1.92. The maximum absolute atomic E-state index is 9.26. The molecular weight excluding hydrogens is 286 g/mol. The molecule has 2 rings (SSSR count). The Morgan fingerprint density at radius 3 is 2.81 bits per heavy atom. The number of rotatable bonds is 5. The van der Waals surface area contributed by atoms with Gasteiger partial charge in [0.25, 0.3) is 0 Å². The van der Waals surface area contributed by atoms with Crippen LogP contribution in [-0.4, -0.2) is 11.0 Å². The fourth-order valence-electron chi connectivity index (χ4n) is 1.76. The van der Waals surface area contributed by atoms with Gasteiger partial charge < -0.3 is 10.1 Å². The van der Waals surface area contributed by atoms with Crippen LogP contribution in [0.3, 0.4) is 0 Å². The number of benzene rings is 1. The molecule has 0 radical (unpaired) electrons. The second kappa shape index (κ2) is 7.07. The maximum atomic E-state index is 9.26. The van der Waals surface area contributed by atoms with E-state index in [1.165, 1.54) is 6.20 Å². The number of hydrogen-bond donors (Lipinski definition) is 1. The molecule has 21 heavy (non-hydrogen) atoms. The molecule has 0 aliphatic carbocycles. The quantitative estimate of drug-likeness (QED) is 0.910. The van der Waals surface area contributed by atoms with Crippen LogP contribution in [0.4, 0.5) is 0 Å². The van der Waals surface area contributed by atoms with Crippen molar-refractivity contribution in [1.82, 2.24) is 10.3 Å². The van der Waals surface area contributed by atoms with Gasteiger partial charge in [-0.05, 0) is 17.7 Å². The summed E-state index contributed by atoms with van der Waals surface area (Å²) in [6, 6.07) is 9.75. The molecule has 0 aliphatic heterocycles. The van der Waals surface area contributed by atoms with E-state index in [4.69, 9.17) is 16.3 Å². The SMILES string of the molecule is CC(C)NCc1ccc(Oc2cncc(Cl)c2)c(C#N)c1. The largest absolute Gasteiger partial charge is 0.454 e.